The van der Waals surface area contributed by atoms with Crippen molar-refractivity contribution in [1.29, 1.82) is 0 Å². The quantitative estimate of drug-likeness (QED) is 0.821. The minimum atomic E-state index is -0.563. The van der Waals surface area contributed by atoms with E-state index >= 15 is 0 Å². The van der Waals surface area contributed by atoms with Crippen LogP contribution in [0, 0.1) is 17.8 Å². The number of carbonyl (C=O) groups is 2. The van der Waals surface area contributed by atoms with Crippen LogP contribution in [-0.4, -0.2) is 30.6 Å². The predicted octanol–water partition coefficient (Wildman–Crippen LogP) is 3.33. The first-order valence-corrected chi connectivity index (χ1v) is 9.63. The second-order valence-electron chi connectivity index (χ2n) is 8.46. The first kappa shape index (κ1) is 17.4. The lowest BCUT2D eigenvalue weighted by molar-refractivity contribution is -0.133. The molecule has 5 rings (SSSR count). The van der Waals surface area contributed by atoms with Crippen LogP contribution in [0.1, 0.15) is 55.8 Å². The number of hydrogen-bond donors (Lipinski definition) is 1. The van der Waals surface area contributed by atoms with Crippen molar-refractivity contribution in [3.05, 3.63) is 29.8 Å². The smallest absolute Gasteiger partial charge is 0.337 e. The zero-order valence-corrected chi connectivity index (χ0v) is 15.5. The lowest BCUT2D eigenvalue weighted by Gasteiger charge is -2.57. The fourth-order valence-corrected chi connectivity index (χ4v) is 5.67. The Kier molecular flexibility index (Phi) is 4.41. The molecule has 0 aromatic heterocycles. The molecular formula is C21H27NO4. The summed E-state index contributed by atoms with van der Waals surface area (Å²) in [4.78, 5) is 24.2. The number of hydrogen-bond acceptors (Lipinski definition) is 4. The van der Waals surface area contributed by atoms with Gasteiger partial charge in [0.2, 0.25) is 0 Å². The van der Waals surface area contributed by atoms with Crippen molar-refractivity contribution in [2.45, 2.75) is 57.1 Å². The number of esters is 1. The molecule has 4 saturated carbocycles. The molecule has 0 radical (unpaired) electrons. The molecule has 1 amide bonds. The highest BCUT2D eigenvalue weighted by molar-refractivity contribution is 5.89. The van der Waals surface area contributed by atoms with E-state index in [1.165, 1.54) is 26.4 Å². The molecule has 4 aliphatic rings. The Morgan fingerprint density at radius 3 is 2.08 bits per heavy atom. The zero-order valence-electron chi connectivity index (χ0n) is 15.5. The van der Waals surface area contributed by atoms with Gasteiger partial charge in [0.1, 0.15) is 5.75 Å². The highest BCUT2D eigenvalue weighted by Crippen LogP contribution is 2.55. The highest BCUT2D eigenvalue weighted by Gasteiger charge is 2.51. The Hall–Kier alpha value is -2.04. The van der Waals surface area contributed by atoms with Gasteiger partial charge in [0.05, 0.1) is 12.7 Å². The third kappa shape index (κ3) is 3.31. The number of rotatable bonds is 5. The van der Waals surface area contributed by atoms with Gasteiger partial charge in [0, 0.05) is 5.54 Å². The van der Waals surface area contributed by atoms with Crippen LogP contribution in [0.4, 0.5) is 0 Å². The molecule has 4 aliphatic carbocycles. The van der Waals surface area contributed by atoms with Crippen LogP contribution in [0.15, 0.2) is 24.3 Å². The van der Waals surface area contributed by atoms with Gasteiger partial charge in [-0.1, -0.05) is 0 Å². The Labute approximate surface area is 154 Å². The SMILES string of the molecule is COC(=O)c1ccc(O[C@H](C)C(=O)NC23CC4CC(CC(C4)C2)C3)cc1. The monoisotopic (exact) mass is 357 g/mol. The van der Waals surface area contributed by atoms with Gasteiger partial charge in [-0.05, 0) is 87.5 Å². The minimum Gasteiger partial charge on any atom is -0.481 e. The Morgan fingerprint density at radius 2 is 1.58 bits per heavy atom. The van der Waals surface area contributed by atoms with Gasteiger partial charge >= 0.3 is 5.97 Å². The summed E-state index contributed by atoms with van der Waals surface area (Å²) in [6.07, 6.45) is 6.89. The van der Waals surface area contributed by atoms with Crippen LogP contribution < -0.4 is 10.1 Å². The van der Waals surface area contributed by atoms with Crippen LogP contribution >= 0.6 is 0 Å². The van der Waals surface area contributed by atoms with Gasteiger partial charge in [-0.2, -0.15) is 0 Å². The molecule has 5 heteroatoms. The van der Waals surface area contributed by atoms with Gasteiger partial charge in [-0.15, -0.1) is 0 Å². The summed E-state index contributed by atoms with van der Waals surface area (Å²) >= 11 is 0. The molecule has 4 bridgehead atoms. The normalized spacial score (nSPS) is 32.8. The average Bonchev–Trinajstić information content (AvgIpc) is 2.60. The van der Waals surface area contributed by atoms with Crippen LogP contribution in [0.25, 0.3) is 0 Å². The first-order chi connectivity index (χ1) is 12.5. The maximum atomic E-state index is 12.7. The molecule has 0 spiro atoms. The van der Waals surface area contributed by atoms with E-state index < -0.39 is 6.10 Å². The third-order valence-electron chi connectivity index (χ3n) is 6.38. The second kappa shape index (κ2) is 6.60. The minimum absolute atomic E-state index is 0.00179. The highest BCUT2D eigenvalue weighted by atomic mass is 16.5. The van der Waals surface area contributed by atoms with Crippen molar-refractivity contribution in [1.82, 2.24) is 5.32 Å². The number of benzene rings is 1. The van der Waals surface area contributed by atoms with E-state index in [9.17, 15) is 9.59 Å². The van der Waals surface area contributed by atoms with E-state index in [0.29, 0.717) is 11.3 Å². The Balaban J connectivity index is 1.37. The second-order valence-corrected chi connectivity index (χ2v) is 8.46. The van der Waals surface area contributed by atoms with E-state index in [2.05, 4.69) is 10.1 Å². The molecule has 1 aromatic rings. The molecule has 4 fully saturated rings. The summed E-state index contributed by atoms with van der Waals surface area (Å²) in [7, 11) is 1.35. The summed E-state index contributed by atoms with van der Waals surface area (Å²) in [5.41, 5.74) is 0.462. The summed E-state index contributed by atoms with van der Waals surface area (Å²) in [6, 6.07) is 6.68. The number of amides is 1. The maximum Gasteiger partial charge on any atom is 0.337 e. The molecule has 5 nitrogen and oxygen atoms in total. The van der Waals surface area contributed by atoms with Crippen molar-refractivity contribution in [3.8, 4) is 5.75 Å². The van der Waals surface area contributed by atoms with Crippen molar-refractivity contribution < 1.29 is 19.1 Å². The van der Waals surface area contributed by atoms with E-state index in [1.807, 2.05) is 0 Å². The molecule has 0 aliphatic heterocycles. The van der Waals surface area contributed by atoms with Gasteiger partial charge in [0.25, 0.3) is 5.91 Å². The van der Waals surface area contributed by atoms with Gasteiger partial charge < -0.3 is 14.8 Å². The Bertz CT molecular complexity index is 661. The summed E-state index contributed by atoms with van der Waals surface area (Å²) in [5.74, 6) is 2.54. The summed E-state index contributed by atoms with van der Waals surface area (Å²) < 4.78 is 10.5. The standard InChI is InChI=1S/C21H27NO4/c1-13(26-18-5-3-17(4-6-18)20(24)25-2)19(23)22-21-10-14-7-15(11-21)9-16(8-14)12-21/h3-6,13-16H,7-12H2,1-2H3,(H,22,23)/t13-,14?,15?,16?,21?/m1/s1. The van der Waals surface area contributed by atoms with Crippen molar-refractivity contribution in [2.75, 3.05) is 7.11 Å². The third-order valence-corrected chi connectivity index (χ3v) is 6.38. The molecular weight excluding hydrogens is 330 g/mol. The summed E-state index contributed by atoms with van der Waals surface area (Å²) in [5, 5.41) is 3.35. The van der Waals surface area contributed by atoms with Crippen LogP contribution in [-0.2, 0) is 9.53 Å². The lowest BCUT2D eigenvalue weighted by atomic mass is 9.53. The number of carbonyl (C=O) groups excluding carboxylic acids is 2. The van der Waals surface area contributed by atoms with E-state index in [0.717, 1.165) is 37.0 Å². The Morgan fingerprint density at radius 1 is 1.04 bits per heavy atom. The van der Waals surface area contributed by atoms with Crippen molar-refractivity contribution in [3.63, 3.8) is 0 Å². The van der Waals surface area contributed by atoms with Crippen LogP contribution in [0.3, 0.4) is 0 Å². The first-order valence-electron chi connectivity index (χ1n) is 9.63. The van der Waals surface area contributed by atoms with Crippen LogP contribution in [0.2, 0.25) is 0 Å². The zero-order chi connectivity index (χ0) is 18.3. The average molecular weight is 357 g/mol. The molecule has 1 N–H and O–H groups in total. The molecule has 0 saturated heterocycles. The lowest BCUT2D eigenvalue weighted by Crippen LogP contribution is -2.61. The number of methoxy groups -OCH3 is 1. The van der Waals surface area contributed by atoms with Gasteiger partial charge in [0.15, 0.2) is 6.10 Å². The van der Waals surface area contributed by atoms with Gasteiger partial charge in [-0.3, -0.25) is 4.79 Å². The molecule has 1 aromatic carbocycles. The maximum absolute atomic E-state index is 12.7. The van der Waals surface area contributed by atoms with E-state index in [-0.39, 0.29) is 17.4 Å². The van der Waals surface area contributed by atoms with Crippen LogP contribution in [0.5, 0.6) is 5.75 Å². The number of nitrogens with one attached hydrogen (secondary N) is 1. The molecule has 1 atom stereocenters. The fraction of sp³-hybridized carbons (Fsp3) is 0.619. The topological polar surface area (TPSA) is 64.6 Å². The predicted molar refractivity (Wildman–Crippen MR) is 96.9 cm³/mol. The molecule has 0 heterocycles. The van der Waals surface area contributed by atoms with Gasteiger partial charge in [-0.25, -0.2) is 4.79 Å². The largest absolute Gasteiger partial charge is 0.481 e. The molecule has 0 unspecified atom stereocenters. The van der Waals surface area contributed by atoms with Crippen molar-refractivity contribution >= 4 is 11.9 Å². The summed E-state index contributed by atoms with van der Waals surface area (Å²) in [6.45, 7) is 1.78. The molecule has 140 valence electrons. The van der Waals surface area contributed by atoms with E-state index in [1.54, 1.807) is 31.2 Å². The van der Waals surface area contributed by atoms with Crippen molar-refractivity contribution in [2.24, 2.45) is 17.8 Å². The molecule has 26 heavy (non-hydrogen) atoms. The fourth-order valence-electron chi connectivity index (χ4n) is 5.67. The van der Waals surface area contributed by atoms with E-state index in [4.69, 9.17) is 4.74 Å². The number of ether oxygens (including phenoxy) is 2.